The number of nitrogens with zero attached hydrogens (tertiary/aromatic N) is 1. The number of para-hydroxylation sites is 1. The maximum atomic E-state index is 13.1. The number of amides is 1. The highest BCUT2D eigenvalue weighted by atomic mass is 79.9. The largest absolute Gasteiger partial charge is 0.418 e. The number of benzene rings is 2. The second-order valence-corrected chi connectivity index (χ2v) is 9.73. The molecule has 0 saturated carbocycles. The summed E-state index contributed by atoms with van der Waals surface area (Å²) >= 11 is 3.27. The van der Waals surface area contributed by atoms with Crippen molar-refractivity contribution in [1.29, 1.82) is 0 Å². The van der Waals surface area contributed by atoms with E-state index < -0.39 is 27.7 Å². The summed E-state index contributed by atoms with van der Waals surface area (Å²) < 4.78 is 66.7. The normalized spacial score (nSPS) is 16.4. The van der Waals surface area contributed by atoms with E-state index in [9.17, 15) is 26.4 Å². The Balaban J connectivity index is 1.57. The van der Waals surface area contributed by atoms with Crippen molar-refractivity contribution in [3.05, 3.63) is 58.6 Å². The van der Waals surface area contributed by atoms with Gasteiger partial charge in [-0.2, -0.15) is 17.5 Å². The average Bonchev–Trinajstić information content (AvgIpc) is 2.68. The Morgan fingerprint density at radius 3 is 2.27 bits per heavy atom. The van der Waals surface area contributed by atoms with Gasteiger partial charge in [0.1, 0.15) is 0 Å². The molecule has 2 aromatic carbocycles. The van der Waals surface area contributed by atoms with Gasteiger partial charge >= 0.3 is 6.18 Å². The number of hydrogen-bond donors (Lipinski definition) is 2. The number of carbonyl (C=O) groups excluding carboxylic acids is 1. The van der Waals surface area contributed by atoms with Crippen molar-refractivity contribution in [2.24, 2.45) is 0 Å². The second kappa shape index (κ2) is 9.04. The topological polar surface area (TPSA) is 70.9 Å². The van der Waals surface area contributed by atoms with Crippen LogP contribution in [0, 0.1) is 0 Å². The van der Waals surface area contributed by atoms with Crippen molar-refractivity contribution >= 4 is 37.5 Å². The fourth-order valence-corrected chi connectivity index (χ4v) is 4.94. The van der Waals surface area contributed by atoms with Crippen LogP contribution in [-0.4, -0.2) is 51.4 Å². The van der Waals surface area contributed by atoms with Gasteiger partial charge in [0.2, 0.25) is 10.0 Å². The summed E-state index contributed by atoms with van der Waals surface area (Å²) in [6.07, 6.45) is -4.57. The molecule has 162 valence electrons. The molecule has 1 fully saturated rings. The Morgan fingerprint density at radius 2 is 1.67 bits per heavy atom. The van der Waals surface area contributed by atoms with Crippen LogP contribution in [-0.2, 0) is 21.0 Å². The van der Waals surface area contributed by atoms with E-state index in [-0.39, 0.29) is 30.2 Å². The average molecular weight is 507 g/mol. The van der Waals surface area contributed by atoms with E-state index in [2.05, 4.69) is 21.2 Å². The Morgan fingerprint density at radius 1 is 1.07 bits per heavy atom. The van der Waals surface area contributed by atoms with E-state index in [4.69, 9.17) is 0 Å². The van der Waals surface area contributed by atoms with Crippen molar-refractivity contribution in [1.82, 2.24) is 4.31 Å². The van der Waals surface area contributed by atoms with Gasteiger partial charge in [0.25, 0.3) is 5.91 Å². The van der Waals surface area contributed by atoms with Gasteiger partial charge in [0, 0.05) is 4.47 Å². The number of hydrogen-bond acceptors (Lipinski definition) is 3. The third kappa shape index (κ3) is 5.39. The molecule has 3 rings (SSSR count). The molecule has 2 N–H and O–H groups in total. The first-order valence-corrected chi connectivity index (χ1v) is 11.4. The first-order chi connectivity index (χ1) is 14.1. The molecule has 1 amide bonds. The number of piperazine rings is 1. The molecule has 0 atom stereocenters. The molecule has 2 aromatic rings. The molecule has 1 aliphatic heterocycles. The van der Waals surface area contributed by atoms with Crippen LogP contribution in [0.25, 0.3) is 0 Å². The van der Waals surface area contributed by atoms with Crippen LogP contribution in [0.4, 0.5) is 18.9 Å². The summed E-state index contributed by atoms with van der Waals surface area (Å²) in [5, 5.41) is 2.32. The summed E-state index contributed by atoms with van der Waals surface area (Å²) in [4.78, 5) is 13.3. The van der Waals surface area contributed by atoms with Gasteiger partial charge in [0.05, 0.1) is 42.3 Å². The Hall–Kier alpha value is -1.95. The van der Waals surface area contributed by atoms with E-state index >= 15 is 0 Å². The summed E-state index contributed by atoms with van der Waals surface area (Å²) in [6.45, 7) is 1.16. The van der Waals surface area contributed by atoms with E-state index in [1.54, 1.807) is 12.1 Å². The van der Waals surface area contributed by atoms with Gasteiger partial charge in [-0.25, -0.2) is 8.42 Å². The molecule has 1 aliphatic rings. The lowest BCUT2D eigenvalue weighted by Crippen LogP contribution is -3.15. The van der Waals surface area contributed by atoms with Crippen molar-refractivity contribution in [3.8, 4) is 0 Å². The summed E-state index contributed by atoms with van der Waals surface area (Å²) in [5.41, 5.74) is -1.19. The van der Waals surface area contributed by atoms with Gasteiger partial charge in [0.15, 0.2) is 6.54 Å². The third-order valence-electron chi connectivity index (χ3n) is 4.80. The predicted octanol–water partition coefficient (Wildman–Crippen LogP) is 2.00. The zero-order valence-corrected chi connectivity index (χ0v) is 18.1. The monoisotopic (exact) mass is 506 g/mol. The van der Waals surface area contributed by atoms with Gasteiger partial charge in [-0.1, -0.05) is 28.1 Å². The fourth-order valence-electron chi connectivity index (χ4n) is 3.24. The number of nitrogens with one attached hydrogen (secondary N) is 2. The number of sulfonamides is 1. The molecule has 0 bridgehead atoms. The van der Waals surface area contributed by atoms with Gasteiger partial charge < -0.3 is 10.2 Å². The molecule has 0 aromatic heterocycles. The van der Waals surface area contributed by atoms with Gasteiger partial charge in [-0.15, -0.1) is 0 Å². The standard InChI is InChI=1S/C19H19BrF3N3O3S/c20-14-5-7-15(8-6-14)30(28,29)26-11-9-25(10-12-26)13-18(27)24-17-4-2-1-3-16(17)19(21,22)23/h1-8H,9-13H2,(H,24,27)/p+1. The van der Waals surface area contributed by atoms with Gasteiger partial charge in [-0.3, -0.25) is 4.79 Å². The SMILES string of the molecule is O=C(C[NH+]1CCN(S(=O)(=O)c2ccc(Br)cc2)CC1)Nc1ccccc1C(F)(F)F. The van der Waals surface area contributed by atoms with Crippen LogP contribution in [0.2, 0.25) is 0 Å². The van der Waals surface area contributed by atoms with Gasteiger partial charge in [-0.05, 0) is 36.4 Å². The highest BCUT2D eigenvalue weighted by molar-refractivity contribution is 9.10. The van der Waals surface area contributed by atoms with E-state index in [0.29, 0.717) is 13.1 Å². The highest BCUT2D eigenvalue weighted by Gasteiger charge is 2.34. The highest BCUT2D eigenvalue weighted by Crippen LogP contribution is 2.34. The molecule has 30 heavy (non-hydrogen) atoms. The smallest absolute Gasteiger partial charge is 0.325 e. The quantitative estimate of drug-likeness (QED) is 0.651. The molecular weight excluding hydrogens is 487 g/mol. The maximum absolute atomic E-state index is 13.1. The Kier molecular flexibility index (Phi) is 6.85. The summed E-state index contributed by atoms with van der Waals surface area (Å²) in [6, 6.07) is 11.1. The first-order valence-electron chi connectivity index (χ1n) is 9.13. The number of alkyl halides is 3. The number of quaternary nitrogens is 1. The predicted molar refractivity (Wildman–Crippen MR) is 109 cm³/mol. The molecule has 0 unspecified atom stereocenters. The minimum atomic E-state index is -4.57. The molecule has 0 aliphatic carbocycles. The van der Waals surface area contributed by atoms with E-state index in [0.717, 1.165) is 15.4 Å². The third-order valence-corrected chi connectivity index (χ3v) is 7.24. The minimum absolute atomic E-state index is 0.0433. The number of halogens is 4. The molecule has 1 saturated heterocycles. The van der Waals surface area contributed by atoms with E-state index in [1.165, 1.54) is 34.6 Å². The Bertz CT molecular complexity index is 1010. The van der Waals surface area contributed by atoms with Crippen LogP contribution < -0.4 is 10.2 Å². The number of anilines is 1. The summed E-state index contributed by atoms with van der Waals surface area (Å²) in [7, 11) is -3.63. The molecule has 1 heterocycles. The fraction of sp³-hybridized carbons (Fsp3) is 0.316. The first kappa shape index (κ1) is 22.7. The van der Waals surface area contributed by atoms with Crippen molar-refractivity contribution in [2.75, 3.05) is 38.0 Å². The number of rotatable bonds is 5. The lowest BCUT2D eigenvalue weighted by Gasteiger charge is -2.31. The van der Waals surface area contributed by atoms with Crippen LogP contribution in [0.5, 0.6) is 0 Å². The van der Waals surface area contributed by atoms with Crippen LogP contribution in [0.3, 0.4) is 0 Å². The molecule has 11 heteroatoms. The molecule has 6 nitrogen and oxygen atoms in total. The lowest BCUT2D eigenvalue weighted by molar-refractivity contribution is -0.895. The maximum Gasteiger partial charge on any atom is 0.418 e. The Labute approximate surface area is 180 Å². The molecule has 0 radical (unpaired) electrons. The van der Waals surface area contributed by atoms with Crippen molar-refractivity contribution < 1.29 is 31.3 Å². The zero-order valence-electron chi connectivity index (χ0n) is 15.7. The molecular formula is C19H20BrF3N3O3S+. The summed E-state index contributed by atoms with van der Waals surface area (Å²) in [5.74, 6) is -0.550. The number of carbonyl (C=O) groups is 1. The second-order valence-electron chi connectivity index (χ2n) is 6.88. The molecule has 0 spiro atoms. The van der Waals surface area contributed by atoms with Crippen LogP contribution in [0.1, 0.15) is 5.56 Å². The minimum Gasteiger partial charge on any atom is -0.325 e. The zero-order chi connectivity index (χ0) is 21.9. The lowest BCUT2D eigenvalue weighted by atomic mass is 10.1. The van der Waals surface area contributed by atoms with Crippen molar-refractivity contribution in [3.63, 3.8) is 0 Å². The van der Waals surface area contributed by atoms with Crippen LogP contribution >= 0.6 is 15.9 Å². The van der Waals surface area contributed by atoms with E-state index in [1.807, 2.05) is 0 Å². The van der Waals surface area contributed by atoms with Crippen LogP contribution in [0.15, 0.2) is 57.9 Å². The van der Waals surface area contributed by atoms with Crippen molar-refractivity contribution in [2.45, 2.75) is 11.1 Å².